The van der Waals surface area contributed by atoms with Gasteiger partial charge in [-0.05, 0) is 19.3 Å². The summed E-state index contributed by atoms with van der Waals surface area (Å²) in [4.78, 5) is 0. The number of hydrogen-bond donors (Lipinski definition) is 2. The Morgan fingerprint density at radius 2 is 1.57 bits per heavy atom. The van der Waals surface area contributed by atoms with Crippen LogP contribution >= 0.6 is 0 Å². The van der Waals surface area contributed by atoms with Crippen molar-refractivity contribution >= 4 is 10.0 Å². The van der Waals surface area contributed by atoms with Crippen molar-refractivity contribution in [2.75, 3.05) is 12.3 Å². The molecule has 0 amide bonds. The molecule has 8 heteroatoms. The van der Waals surface area contributed by atoms with Crippen molar-refractivity contribution in [3.63, 3.8) is 0 Å². The molecule has 21 heavy (non-hydrogen) atoms. The molecule has 0 aromatic rings. The molecule has 1 aliphatic rings. The molecule has 0 radical (unpaired) electrons. The van der Waals surface area contributed by atoms with Crippen LogP contribution in [0.2, 0.25) is 0 Å². The van der Waals surface area contributed by atoms with Crippen molar-refractivity contribution in [2.45, 2.75) is 69.5 Å². The molecule has 0 saturated heterocycles. The van der Waals surface area contributed by atoms with Gasteiger partial charge >= 0.3 is 6.18 Å². The Hall–Kier alpha value is -0.340. The zero-order valence-corrected chi connectivity index (χ0v) is 13.0. The van der Waals surface area contributed by atoms with E-state index in [-0.39, 0.29) is 6.54 Å². The first kappa shape index (κ1) is 18.7. The fraction of sp³-hybridized carbons (Fsp3) is 1.00. The highest BCUT2D eigenvalue weighted by Crippen LogP contribution is 2.27. The first-order valence-corrected chi connectivity index (χ1v) is 9.12. The number of hydrogen-bond acceptors (Lipinski definition) is 3. The van der Waals surface area contributed by atoms with Crippen LogP contribution in [-0.2, 0) is 10.0 Å². The first-order valence-electron chi connectivity index (χ1n) is 7.47. The van der Waals surface area contributed by atoms with Crippen molar-refractivity contribution in [1.29, 1.82) is 0 Å². The molecule has 0 spiro atoms. The van der Waals surface area contributed by atoms with Crippen LogP contribution in [0.1, 0.15) is 57.8 Å². The summed E-state index contributed by atoms with van der Waals surface area (Å²) in [6, 6.07) is 0. The second kappa shape index (κ2) is 7.78. The minimum Gasteiger partial charge on any atom is -0.329 e. The van der Waals surface area contributed by atoms with E-state index < -0.39 is 40.3 Å². The van der Waals surface area contributed by atoms with Crippen LogP contribution in [0.3, 0.4) is 0 Å². The van der Waals surface area contributed by atoms with Gasteiger partial charge in [-0.15, -0.1) is 0 Å². The molecular weight excluding hydrogens is 305 g/mol. The Morgan fingerprint density at radius 3 is 2.05 bits per heavy atom. The van der Waals surface area contributed by atoms with Gasteiger partial charge in [0.15, 0.2) is 0 Å². The molecule has 1 rings (SSSR count). The third kappa shape index (κ3) is 7.46. The Kier molecular flexibility index (Phi) is 6.93. The average Bonchev–Trinajstić information content (AvgIpc) is 2.30. The van der Waals surface area contributed by atoms with E-state index >= 15 is 0 Å². The van der Waals surface area contributed by atoms with Crippen molar-refractivity contribution in [2.24, 2.45) is 5.73 Å². The predicted octanol–water partition coefficient (Wildman–Crippen LogP) is 2.69. The van der Waals surface area contributed by atoms with Crippen molar-refractivity contribution < 1.29 is 21.6 Å². The molecule has 1 saturated carbocycles. The summed E-state index contributed by atoms with van der Waals surface area (Å²) >= 11 is 0. The molecule has 126 valence electrons. The van der Waals surface area contributed by atoms with Crippen molar-refractivity contribution in [1.82, 2.24) is 4.72 Å². The van der Waals surface area contributed by atoms with Crippen molar-refractivity contribution in [3.05, 3.63) is 0 Å². The molecule has 1 fully saturated rings. The fourth-order valence-corrected chi connectivity index (χ4v) is 4.35. The SMILES string of the molecule is NCC1(NS(=O)(=O)CCCC(F)(F)F)CCCCCCC1. The summed E-state index contributed by atoms with van der Waals surface area (Å²) in [5, 5.41) is 0. The lowest BCUT2D eigenvalue weighted by Crippen LogP contribution is -2.54. The molecule has 1 aliphatic carbocycles. The first-order chi connectivity index (χ1) is 9.68. The third-order valence-electron chi connectivity index (χ3n) is 3.95. The topological polar surface area (TPSA) is 72.2 Å². The number of halogens is 3. The highest BCUT2D eigenvalue weighted by Gasteiger charge is 2.34. The maximum absolute atomic E-state index is 12.1. The number of nitrogens with two attached hydrogens (primary N) is 1. The van der Waals surface area contributed by atoms with Crippen LogP contribution in [0.15, 0.2) is 0 Å². The second-order valence-electron chi connectivity index (χ2n) is 5.89. The second-order valence-corrected chi connectivity index (χ2v) is 7.73. The Morgan fingerprint density at radius 1 is 1.05 bits per heavy atom. The number of alkyl halides is 3. The Labute approximate surface area is 124 Å². The highest BCUT2D eigenvalue weighted by atomic mass is 32.2. The molecule has 0 unspecified atom stereocenters. The standard InChI is InChI=1S/C13H25F3N2O2S/c14-13(15,16)9-6-10-21(19,20)18-12(11-17)7-4-2-1-3-5-8-12/h18H,1-11,17H2. The van der Waals surface area contributed by atoms with Gasteiger partial charge in [-0.1, -0.05) is 32.1 Å². The summed E-state index contributed by atoms with van der Waals surface area (Å²) in [6.45, 7) is 0.186. The monoisotopic (exact) mass is 330 g/mol. The average molecular weight is 330 g/mol. The fourth-order valence-electron chi connectivity index (χ4n) is 2.77. The smallest absolute Gasteiger partial charge is 0.329 e. The molecule has 4 nitrogen and oxygen atoms in total. The van der Waals surface area contributed by atoms with E-state index in [1.54, 1.807) is 0 Å². The third-order valence-corrected chi connectivity index (χ3v) is 5.52. The van der Waals surface area contributed by atoms with Gasteiger partial charge < -0.3 is 5.73 Å². The van der Waals surface area contributed by atoms with Gasteiger partial charge in [-0.2, -0.15) is 13.2 Å². The van der Waals surface area contributed by atoms with Crippen LogP contribution in [0, 0.1) is 0 Å². The molecular formula is C13H25F3N2O2S. The van der Waals surface area contributed by atoms with Crippen LogP contribution < -0.4 is 10.5 Å². The lowest BCUT2D eigenvalue weighted by Gasteiger charge is -2.35. The summed E-state index contributed by atoms with van der Waals surface area (Å²) in [6.07, 6.45) is 0.493. The zero-order valence-electron chi connectivity index (χ0n) is 12.2. The van der Waals surface area contributed by atoms with Crippen LogP contribution in [0.5, 0.6) is 0 Å². The Bertz CT molecular complexity index is 402. The van der Waals surface area contributed by atoms with E-state index in [0.717, 1.165) is 32.1 Å². The molecule has 0 aromatic heterocycles. The summed E-state index contributed by atoms with van der Waals surface area (Å²) in [5.74, 6) is -0.506. The predicted molar refractivity (Wildman–Crippen MR) is 76.3 cm³/mol. The summed E-state index contributed by atoms with van der Waals surface area (Å²) < 4.78 is 62.9. The molecule has 3 N–H and O–H groups in total. The van der Waals surface area contributed by atoms with Gasteiger partial charge in [0.25, 0.3) is 0 Å². The minimum atomic E-state index is -4.32. The molecule has 0 aliphatic heterocycles. The quantitative estimate of drug-likeness (QED) is 0.786. The van der Waals surface area contributed by atoms with Gasteiger partial charge in [-0.25, -0.2) is 13.1 Å². The Balaban J connectivity index is 2.60. The van der Waals surface area contributed by atoms with Crippen molar-refractivity contribution in [3.8, 4) is 0 Å². The number of nitrogens with one attached hydrogen (secondary N) is 1. The maximum atomic E-state index is 12.1. The number of sulfonamides is 1. The number of rotatable bonds is 6. The summed E-state index contributed by atoms with van der Waals surface area (Å²) in [7, 11) is -3.73. The van der Waals surface area contributed by atoms with E-state index in [1.807, 2.05) is 0 Å². The molecule has 0 aromatic carbocycles. The van der Waals surface area contributed by atoms with Crippen LogP contribution in [0.4, 0.5) is 13.2 Å². The van der Waals surface area contributed by atoms with Gasteiger partial charge in [0.05, 0.1) is 5.75 Å². The zero-order chi connectivity index (χ0) is 16.0. The van der Waals surface area contributed by atoms with E-state index in [0.29, 0.717) is 12.8 Å². The summed E-state index contributed by atoms with van der Waals surface area (Å²) in [5.41, 5.74) is 5.07. The maximum Gasteiger partial charge on any atom is 0.389 e. The van der Waals surface area contributed by atoms with E-state index in [4.69, 9.17) is 5.73 Å². The van der Waals surface area contributed by atoms with Gasteiger partial charge in [0.2, 0.25) is 10.0 Å². The lowest BCUT2D eigenvalue weighted by molar-refractivity contribution is -0.134. The van der Waals surface area contributed by atoms with E-state index in [2.05, 4.69) is 4.72 Å². The van der Waals surface area contributed by atoms with E-state index in [1.165, 1.54) is 0 Å². The largest absolute Gasteiger partial charge is 0.389 e. The van der Waals surface area contributed by atoms with Crippen LogP contribution in [0.25, 0.3) is 0 Å². The highest BCUT2D eigenvalue weighted by molar-refractivity contribution is 7.89. The molecule has 0 bridgehead atoms. The van der Waals surface area contributed by atoms with Crippen LogP contribution in [-0.4, -0.2) is 32.4 Å². The lowest BCUT2D eigenvalue weighted by atomic mass is 9.85. The molecule has 0 atom stereocenters. The van der Waals surface area contributed by atoms with Gasteiger partial charge in [-0.3, -0.25) is 0 Å². The van der Waals surface area contributed by atoms with Gasteiger partial charge in [0, 0.05) is 18.5 Å². The minimum absolute atomic E-state index is 0.186. The molecule has 0 heterocycles. The van der Waals surface area contributed by atoms with E-state index in [9.17, 15) is 21.6 Å². The normalized spacial score (nSPS) is 20.8. The van der Waals surface area contributed by atoms with Gasteiger partial charge in [0.1, 0.15) is 0 Å².